The molecule has 29 heavy (non-hydrogen) atoms. The molecule has 0 saturated heterocycles. The van der Waals surface area contributed by atoms with Crippen LogP contribution in [0.25, 0.3) is 5.57 Å². The van der Waals surface area contributed by atoms with Gasteiger partial charge in [-0.2, -0.15) is 0 Å². The number of nitrogens with one attached hydrogen (secondary N) is 1. The fourth-order valence-corrected chi connectivity index (χ4v) is 3.18. The minimum atomic E-state index is -2.63. The van der Waals surface area contributed by atoms with Crippen LogP contribution in [0.15, 0.2) is 53.2 Å². The molecule has 1 unspecified atom stereocenters. The lowest BCUT2D eigenvalue weighted by molar-refractivity contribution is -0.128. The lowest BCUT2D eigenvalue weighted by atomic mass is 9.89. The van der Waals surface area contributed by atoms with E-state index in [1.54, 1.807) is 35.5 Å². The molecule has 8 heteroatoms. The Morgan fingerprint density at radius 3 is 2.90 bits per heavy atom. The van der Waals surface area contributed by atoms with Crippen molar-refractivity contribution >= 4 is 23.6 Å². The number of carbonyl (C=O) groups is 2. The smallest absolute Gasteiger partial charge is 0.256 e. The second-order valence-corrected chi connectivity index (χ2v) is 6.44. The summed E-state index contributed by atoms with van der Waals surface area (Å²) in [6.45, 7) is 1.52. The normalized spacial score (nSPS) is 18.2. The number of aliphatic imine (C=N–C) groups is 1. The highest BCUT2D eigenvalue weighted by atomic mass is 19.3. The van der Waals surface area contributed by atoms with E-state index in [1.807, 2.05) is 19.1 Å². The van der Waals surface area contributed by atoms with Gasteiger partial charge in [0.25, 0.3) is 18.2 Å². The summed E-state index contributed by atoms with van der Waals surface area (Å²) in [5.74, 6) is -0.258. The number of carbonyl (C=O) groups excluding carboxylic acids is 2. The minimum absolute atomic E-state index is 0.142. The van der Waals surface area contributed by atoms with Gasteiger partial charge in [0.2, 0.25) is 0 Å². The Morgan fingerprint density at radius 2 is 2.21 bits per heavy atom. The van der Waals surface area contributed by atoms with Gasteiger partial charge in [-0.05, 0) is 36.8 Å². The number of ether oxygens (including phenoxy) is 1. The van der Waals surface area contributed by atoms with Crippen molar-refractivity contribution < 1.29 is 23.1 Å². The van der Waals surface area contributed by atoms with Crippen LogP contribution in [0.2, 0.25) is 0 Å². The maximum Gasteiger partial charge on any atom is 0.256 e. The number of benzene rings is 1. The molecule has 2 aliphatic rings. The maximum atomic E-state index is 12.7. The average molecular weight is 401 g/mol. The first kappa shape index (κ1) is 20.4. The standard InChI is InChI=1S/C21H21F2N3O3/c1-3-4-9-26-12-16(14-7-8-24-19(14)21(26)28)15-10-13(5-6-17(15)29-2)20(27)25-11-18(22)23/h3-8,10,12,18-19H,9,11H2,1-2H3,(H,25,27)/b4-3+. The summed E-state index contributed by atoms with van der Waals surface area (Å²) >= 11 is 0. The molecule has 0 fully saturated rings. The third kappa shape index (κ3) is 4.26. The Balaban J connectivity index is 2.03. The molecule has 6 nitrogen and oxygen atoms in total. The molecule has 0 saturated carbocycles. The van der Waals surface area contributed by atoms with Crippen molar-refractivity contribution in [3.63, 3.8) is 0 Å². The molecule has 1 aromatic carbocycles. The number of fused-ring (bicyclic) bond motifs is 1. The summed E-state index contributed by atoms with van der Waals surface area (Å²) in [4.78, 5) is 30.8. The number of nitrogens with zero attached hydrogens (tertiary/aromatic N) is 2. The number of amides is 2. The largest absolute Gasteiger partial charge is 0.496 e. The van der Waals surface area contributed by atoms with Crippen molar-refractivity contribution in [1.82, 2.24) is 10.2 Å². The average Bonchev–Trinajstić information content (AvgIpc) is 3.21. The number of alkyl halides is 2. The van der Waals surface area contributed by atoms with Gasteiger partial charge in [0.1, 0.15) is 5.75 Å². The van der Waals surface area contributed by atoms with Crippen LogP contribution >= 0.6 is 0 Å². The molecule has 0 aromatic heterocycles. The lowest BCUT2D eigenvalue weighted by Crippen LogP contribution is -2.39. The first-order chi connectivity index (χ1) is 14.0. The van der Waals surface area contributed by atoms with Crippen LogP contribution in [0.5, 0.6) is 5.75 Å². The highest BCUT2D eigenvalue weighted by Gasteiger charge is 2.35. The van der Waals surface area contributed by atoms with Crippen LogP contribution in [-0.2, 0) is 4.79 Å². The Bertz CT molecular complexity index is 935. The van der Waals surface area contributed by atoms with Gasteiger partial charge in [-0.25, -0.2) is 8.78 Å². The summed E-state index contributed by atoms with van der Waals surface area (Å²) in [6, 6.07) is 4.03. The van der Waals surface area contributed by atoms with Crippen LogP contribution in [-0.4, -0.2) is 55.6 Å². The van der Waals surface area contributed by atoms with E-state index in [0.29, 0.717) is 29.0 Å². The van der Waals surface area contributed by atoms with Gasteiger partial charge >= 0.3 is 0 Å². The zero-order chi connectivity index (χ0) is 21.0. The fourth-order valence-electron chi connectivity index (χ4n) is 3.18. The quantitative estimate of drug-likeness (QED) is 0.715. The summed E-state index contributed by atoms with van der Waals surface area (Å²) in [5.41, 5.74) is 2.19. The number of hydrogen-bond donors (Lipinski definition) is 1. The van der Waals surface area contributed by atoms with Crippen molar-refractivity contribution in [1.29, 1.82) is 0 Å². The SMILES string of the molecule is C/C=C/CN1C=C(c2cc(C(=O)NCC(F)F)ccc2OC)C2=CC=NC2C1=O. The van der Waals surface area contributed by atoms with Crippen molar-refractivity contribution in [2.24, 2.45) is 4.99 Å². The van der Waals surface area contributed by atoms with Crippen LogP contribution in [0.3, 0.4) is 0 Å². The van der Waals surface area contributed by atoms with Gasteiger partial charge in [0, 0.05) is 35.7 Å². The molecular formula is C21H21F2N3O3. The third-order valence-electron chi connectivity index (χ3n) is 4.60. The second-order valence-electron chi connectivity index (χ2n) is 6.44. The number of hydrogen-bond acceptors (Lipinski definition) is 4. The highest BCUT2D eigenvalue weighted by Crippen LogP contribution is 2.38. The van der Waals surface area contributed by atoms with Crippen molar-refractivity contribution in [3.8, 4) is 5.75 Å². The van der Waals surface area contributed by atoms with Crippen LogP contribution in [0.1, 0.15) is 22.8 Å². The van der Waals surface area contributed by atoms with E-state index in [-0.39, 0.29) is 11.5 Å². The number of allylic oxidation sites excluding steroid dienone is 2. The fraction of sp³-hybridized carbons (Fsp3) is 0.286. The number of methoxy groups -OCH3 is 1. The molecule has 3 rings (SSSR count). The molecule has 2 aliphatic heterocycles. The summed E-state index contributed by atoms with van der Waals surface area (Å²) in [7, 11) is 1.50. The predicted octanol–water partition coefficient (Wildman–Crippen LogP) is 2.83. The molecular weight excluding hydrogens is 380 g/mol. The molecule has 2 heterocycles. The van der Waals surface area contributed by atoms with Gasteiger partial charge in [0.05, 0.1) is 13.7 Å². The van der Waals surface area contributed by atoms with Crippen LogP contribution in [0, 0.1) is 0 Å². The van der Waals surface area contributed by atoms with Crippen molar-refractivity contribution in [2.75, 3.05) is 20.2 Å². The Labute approximate surface area is 167 Å². The molecule has 1 atom stereocenters. The predicted molar refractivity (Wildman–Crippen MR) is 106 cm³/mol. The van der Waals surface area contributed by atoms with Gasteiger partial charge in [0.15, 0.2) is 6.04 Å². The van der Waals surface area contributed by atoms with Crippen LogP contribution in [0.4, 0.5) is 8.78 Å². The van der Waals surface area contributed by atoms with Gasteiger partial charge in [-0.1, -0.05) is 12.2 Å². The van der Waals surface area contributed by atoms with Gasteiger partial charge < -0.3 is 15.0 Å². The Hall–Kier alpha value is -3.29. The first-order valence-corrected chi connectivity index (χ1v) is 9.08. The zero-order valence-electron chi connectivity index (χ0n) is 16.1. The number of rotatable bonds is 7. The monoisotopic (exact) mass is 401 g/mol. The number of halogens is 2. The molecule has 0 radical (unpaired) electrons. The molecule has 1 N–H and O–H groups in total. The molecule has 2 amide bonds. The van der Waals surface area contributed by atoms with E-state index in [9.17, 15) is 18.4 Å². The lowest BCUT2D eigenvalue weighted by Gasteiger charge is -2.29. The molecule has 0 aliphatic carbocycles. The van der Waals surface area contributed by atoms with Gasteiger partial charge in [-0.3, -0.25) is 14.6 Å². The summed E-state index contributed by atoms with van der Waals surface area (Å²) in [5, 5.41) is 2.19. The van der Waals surface area contributed by atoms with E-state index < -0.39 is 24.9 Å². The highest BCUT2D eigenvalue weighted by molar-refractivity contribution is 6.05. The summed E-state index contributed by atoms with van der Waals surface area (Å²) in [6.07, 6.45) is 6.10. The van der Waals surface area contributed by atoms with Crippen molar-refractivity contribution in [3.05, 3.63) is 59.3 Å². The van der Waals surface area contributed by atoms with Gasteiger partial charge in [-0.15, -0.1) is 0 Å². The molecule has 0 bridgehead atoms. The first-order valence-electron chi connectivity index (χ1n) is 9.08. The second kappa shape index (κ2) is 8.81. The molecule has 0 spiro atoms. The topological polar surface area (TPSA) is 71.0 Å². The Morgan fingerprint density at radius 1 is 1.41 bits per heavy atom. The molecule has 1 aromatic rings. The van der Waals surface area contributed by atoms with E-state index >= 15 is 0 Å². The zero-order valence-corrected chi connectivity index (χ0v) is 16.1. The minimum Gasteiger partial charge on any atom is -0.496 e. The van der Waals surface area contributed by atoms with Crippen LogP contribution < -0.4 is 10.1 Å². The third-order valence-corrected chi connectivity index (χ3v) is 4.60. The van der Waals surface area contributed by atoms with E-state index in [2.05, 4.69) is 10.3 Å². The van der Waals surface area contributed by atoms with Crippen molar-refractivity contribution in [2.45, 2.75) is 19.4 Å². The van der Waals surface area contributed by atoms with E-state index in [4.69, 9.17) is 4.74 Å². The maximum absolute atomic E-state index is 12.7. The summed E-state index contributed by atoms with van der Waals surface area (Å²) < 4.78 is 30.3. The Kier molecular flexibility index (Phi) is 6.21. The van der Waals surface area contributed by atoms with E-state index in [0.717, 1.165) is 0 Å². The van der Waals surface area contributed by atoms with E-state index in [1.165, 1.54) is 13.2 Å². The molecule has 152 valence electrons.